The van der Waals surface area contributed by atoms with Gasteiger partial charge in [-0.05, 0) is 23.8 Å². The summed E-state index contributed by atoms with van der Waals surface area (Å²) in [6.07, 6.45) is 2.62. The van der Waals surface area contributed by atoms with Crippen LogP contribution in [0.25, 0.3) is 17.2 Å². The molecule has 6 nitrogen and oxygen atoms in total. The quantitative estimate of drug-likeness (QED) is 0.688. The number of hydrogen-bond acceptors (Lipinski definition) is 5. The number of fused-ring (bicyclic) bond motifs is 1. The number of aliphatic hydroxyl groups is 1. The summed E-state index contributed by atoms with van der Waals surface area (Å²) in [6, 6.07) is 16.6. The normalized spacial score (nSPS) is 14.0. The smallest absolute Gasteiger partial charge is 0.268 e. The monoisotopic (exact) mass is 393 g/mol. The summed E-state index contributed by atoms with van der Waals surface area (Å²) >= 11 is 0. The van der Waals surface area contributed by atoms with Crippen LogP contribution in [0.2, 0.25) is 0 Å². The number of nitrogens with zero attached hydrogens (tertiary/aromatic N) is 1. The summed E-state index contributed by atoms with van der Waals surface area (Å²) in [6.45, 7) is -0.652. The summed E-state index contributed by atoms with van der Waals surface area (Å²) in [5, 5.41) is 9.44. The van der Waals surface area contributed by atoms with Gasteiger partial charge in [-0.25, -0.2) is 12.4 Å². The van der Waals surface area contributed by atoms with Gasteiger partial charge in [0, 0.05) is 17.3 Å². The number of benzene rings is 2. The molecule has 0 bridgehead atoms. The van der Waals surface area contributed by atoms with Crippen LogP contribution in [0.5, 0.6) is 0 Å². The lowest BCUT2D eigenvalue weighted by atomic mass is 9.90. The van der Waals surface area contributed by atoms with Crippen molar-refractivity contribution in [2.75, 3.05) is 6.61 Å². The van der Waals surface area contributed by atoms with E-state index >= 15 is 0 Å². The molecule has 0 saturated heterocycles. The Hall–Kier alpha value is -3.29. The Bertz CT molecular complexity index is 1220. The van der Waals surface area contributed by atoms with Crippen LogP contribution in [0.1, 0.15) is 16.1 Å². The molecular weight excluding hydrogens is 378 g/mol. The van der Waals surface area contributed by atoms with Gasteiger partial charge in [-0.1, -0.05) is 48.5 Å². The fourth-order valence-electron chi connectivity index (χ4n) is 3.22. The van der Waals surface area contributed by atoms with E-state index in [9.17, 15) is 23.1 Å². The van der Waals surface area contributed by atoms with Gasteiger partial charge in [-0.3, -0.25) is 9.59 Å². The lowest BCUT2D eigenvalue weighted by Crippen LogP contribution is -2.25. The summed E-state index contributed by atoms with van der Waals surface area (Å²) in [4.78, 5) is 25.1. The highest BCUT2D eigenvalue weighted by Gasteiger charge is 2.35. The van der Waals surface area contributed by atoms with Gasteiger partial charge in [0.1, 0.15) is 0 Å². The standard InChI is InChI=1S/C21H15NO5S/c23-13-15-11-18-19(21(25)20(15)24)17(14-7-3-1-4-8-14)12-22(18)28(26,27)16-9-5-2-6-10-16/h1-12,23H,13H2. The molecule has 28 heavy (non-hydrogen) atoms. The van der Waals surface area contributed by atoms with Crippen LogP contribution in [-0.4, -0.2) is 35.7 Å². The maximum Gasteiger partial charge on any atom is 0.268 e. The van der Waals surface area contributed by atoms with Gasteiger partial charge in [0.25, 0.3) is 10.0 Å². The third-order valence-corrected chi connectivity index (χ3v) is 6.29. The first-order chi connectivity index (χ1) is 13.4. The van der Waals surface area contributed by atoms with E-state index in [0.29, 0.717) is 11.1 Å². The van der Waals surface area contributed by atoms with Crippen molar-refractivity contribution in [3.8, 4) is 11.1 Å². The Morgan fingerprint density at radius 2 is 1.46 bits per heavy atom. The van der Waals surface area contributed by atoms with Crippen molar-refractivity contribution < 1.29 is 23.1 Å². The zero-order valence-electron chi connectivity index (χ0n) is 14.6. The van der Waals surface area contributed by atoms with Crippen molar-refractivity contribution in [2.24, 2.45) is 0 Å². The molecule has 1 N–H and O–H groups in total. The fraction of sp³-hybridized carbons (Fsp3) is 0.0476. The Balaban J connectivity index is 2.06. The van der Waals surface area contributed by atoms with E-state index in [1.807, 2.05) is 0 Å². The van der Waals surface area contributed by atoms with Gasteiger partial charge in [0.2, 0.25) is 11.6 Å². The third-order valence-electron chi connectivity index (χ3n) is 4.60. The predicted molar refractivity (Wildman–Crippen MR) is 103 cm³/mol. The highest BCUT2D eigenvalue weighted by Crippen LogP contribution is 2.35. The molecule has 0 atom stereocenters. The number of carbonyl (C=O) groups is 2. The van der Waals surface area contributed by atoms with E-state index in [1.54, 1.807) is 48.5 Å². The molecule has 1 aromatic heterocycles. The SMILES string of the molecule is O=C1C(=O)c2c(-c3ccccc3)cn(S(=O)(=O)c3ccccc3)c2C=C1CO. The second-order valence-corrected chi connectivity index (χ2v) is 8.08. The van der Waals surface area contributed by atoms with Crippen molar-refractivity contribution >= 4 is 27.7 Å². The maximum absolute atomic E-state index is 13.2. The highest BCUT2D eigenvalue weighted by atomic mass is 32.2. The molecule has 0 fully saturated rings. The Morgan fingerprint density at radius 3 is 2.07 bits per heavy atom. The molecule has 0 spiro atoms. The molecule has 0 unspecified atom stereocenters. The average Bonchev–Trinajstić information content (AvgIpc) is 3.12. The van der Waals surface area contributed by atoms with Crippen molar-refractivity contribution in [1.82, 2.24) is 3.97 Å². The van der Waals surface area contributed by atoms with E-state index in [4.69, 9.17) is 0 Å². The minimum atomic E-state index is -4.01. The number of rotatable bonds is 4. The minimum Gasteiger partial charge on any atom is -0.392 e. The first-order valence-corrected chi connectivity index (χ1v) is 9.91. The predicted octanol–water partition coefficient (Wildman–Crippen LogP) is 2.53. The van der Waals surface area contributed by atoms with Crippen LogP contribution in [0.15, 0.2) is 77.3 Å². The van der Waals surface area contributed by atoms with E-state index in [1.165, 1.54) is 24.4 Å². The Morgan fingerprint density at radius 1 is 0.857 bits per heavy atom. The molecule has 3 aromatic rings. The minimum absolute atomic E-state index is 0.0212. The summed E-state index contributed by atoms with van der Waals surface area (Å²) < 4.78 is 27.4. The molecule has 1 heterocycles. The Labute approximate surface area is 161 Å². The zero-order valence-corrected chi connectivity index (χ0v) is 15.4. The zero-order chi connectivity index (χ0) is 19.9. The van der Waals surface area contributed by atoms with Gasteiger partial charge in [0.05, 0.1) is 22.8 Å². The molecule has 140 valence electrons. The van der Waals surface area contributed by atoms with Crippen LogP contribution >= 0.6 is 0 Å². The lowest BCUT2D eigenvalue weighted by Gasteiger charge is -2.14. The number of hydrogen-bond donors (Lipinski definition) is 1. The van der Waals surface area contributed by atoms with Gasteiger partial charge < -0.3 is 5.11 Å². The molecule has 4 rings (SSSR count). The van der Waals surface area contributed by atoms with Crippen molar-refractivity contribution in [2.45, 2.75) is 4.90 Å². The maximum atomic E-state index is 13.2. The number of aromatic nitrogens is 1. The first kappa shape index (κ1) is 18.1. The van der Waals surface area contributed by atoms with Crippen molar-refractivity contribution in [1.29, 1.82) is 0 Å². The second kappa shape index (κ2) is 6.70. The largest absolute Gasteiger partial charge is 0.392 e. The van der Waals surface area contributed by atoms with E-state index in [-0.39, 0.29) is 21.7 Å². The van der Waals surface area contributed by atoms with E-state index in [0.717, 1.165) is 3.97 Å². The van der Waals surface area contributed by atoms with Crippen molar-refractivity contribution in [3.05, 3.63) is 83.7 Å². The molecule has 1 aliphatic rings. The molecule has 0 saturated carbocycles. The van der Waals surface area contributed by atoms with Gasteiger partial charge in [-0.2, -0.15) is 0 Å². The molecule has 0 amide bonds. The number of carbonyl (C=O) groups excluding carboxylic acids is 2. The topological polar surface area (TPSA) is 93.4 Å². The molecule has 1 aliphatic carbocycles. The van der Waals surface area contributed by atoms with Gasteiger partial charge in [-0.15, -0.1) is 0 Å². The second-order valence-electron chi connectivity index (χ2n) is 6.27. The van der Waals surface area contributed by atoms with Crippen LogP contribution in [0.3, 0.4) is 0 Å². The molecule has 0 aliphatic heterocycles. The molecular formula is C21H15NO5S. The summed E-state index contributed by atoms with van der Waals surface area (Å²) in [7, 11) is -4.01. The number of aliphatic hydroxyl groups excluding tert-OH is 1. The van der Waals surface area contributed by atoms with Gasteiger partial charge >= 0.3 is 0 Å². The molecule has 2 aromatic carbocycles. The number of ketones is 2. The van der Waals surface area contributed by atoms with Crippen molar-refractivity contribution in [3.63, 3.8) is 0 Å². The Kier molecular flexibility index (Phi) is 4.33. The van der Waals surface area contributed by atoms with Crippen LogP contribution < -0.4 is 0 Å². The van der Waals surface area contributed by atoms with Crippen LogP contribution in [0, 0.1) is 0 Å². The van der Waals surface area contributed by atoms with Crippen LogP contribution in [0.4, 0.5) is 0 Å². The summed E-state index contributed by atoms with van der Waals surface area (Å²) in [5.74, 6) is -1.66. The average molecular weight is 393 g/mol. The molecule has 0 radical (unpaired) electrons. The number of Topliss-reactive ketones (excluding diaryl/α,β-unsaturated/α-hetero) is 2. The van der Waals surface area contributed by atoms with Gasteiger partial charge in [0.15, 0.2) is 0 Å². The summed E-state index contributed by atoms with van der Waals surface area (Å²) in [5.41, 5.74) is 0.911. The lowest BCUT2D eigenvalue weighted by molar-refractivity contribution is -0.112. The first-order valence-electron chi connectivity index (χ1n) is 8.47. The highest BCUT2D eigenvalue weighted by molar-refractivity contribution is 7.90. The van der Waals surface area contributed by atoms with E-state index in [2.05, 4.69) is 0 Å². The van der Waals surface area contributed by atoms with E-state index < -0.39 is 28.2 Å². The molecule has 7 heteroatoms. The fourth-order valence-corrected chi connectivity index (χ4v) is 4.60. The third kappa shape index (κ3) is 2.72. The van der Waals surface area contributed by atoms with Crippen LogP contribution in [-0.2, 0) is 14.8 Å².